The number of anilines is 1. The second-order valence-corrected chi connectivity index (χ2v) is 10.7. The lowest BCUT2D eigenvalue weighted by Gasteiger charge is -2.42. The Balaban J connectivity index is 1.23. The van der Waals surface area contributed by atoms with Gasteiger partial charge in [0.1, 0.15) is 17.3 Å². The molecule has 0 saturated carbocycles. The average molecular weight is 619 g/mol. The third-order valence-corrected chi connectivity index (χ3v) is 7.65. The molecule has 0 bridgehead atoms. The molecule has 13 heteroatoms. The summed E-state index contributed by atoms with van der Waals surface area (Å²) in [6, 6.07) is 10.7. The summed E-state index contributed by atoms with van der Waals surface area (Å²) in [6.07, 6.45) is 10.9. The fraction of sp³-hybridized carbons (Fsp3) is 0.355. The van der Waals surface area contributed by atoms with Crippen molar-refractivity contribution in [3.63, 3.8) is 0 Å². The predicted molar refractivity (Wildman–Crippen MR) is 166 cm³/mol. The van der Waals surface area contributed by atoms with Crippen molar-refractivity contribution in [2.24, 2.45) is 0 Å². The second-order valence-electron chi connectivity index (χ2n) is 10.4. The van der Waals surface area contributed by atoms with Gasteiger partial charge in [-0.3, -0.25) is 19.1 Å². The van der Waals surface area contributed by atoms with Crippen LogP contribution in [0.5, 0.6) is 11.5 Å². The number of ether oxygens (including phenoxy) is 2. The van der Waals surface area contributed by atoms with Crippen molar-refractivity contribution in [2.45, 2.75) is 31.7 Å². The van der Waals surface area contributed by atoms with Crippen LogP contribution in [-0.4, -0.2) is 87.7 Å². The molecule has 1 unspecified atom stereocenters. The number of amides is 2. The maximum absolute atomic E-state index is 13.3. The Hall–Kier alpha value is -4.71. The molecule has 0 spiro atoms. The predicted octanol–water partition coefficient (Wildman–Crippen LogP) is 3.59. The summed E-state index contributed by atoms with van der Waals surface area (Å²) in [5.41, 5.74) is 1.65. The van der Waals surface area contributed by atoms with Crippen molar-refractivity contribution in [3.8, 4) is 17.4 Å². The molecule has 1 aliphatic heterocycles. The molecule has 12 nitrogen and oxygen atoms in total. The number of carbonyl (C=O) groups excluding carboxylic acids is 2. The zero-order valence-corrected chi connectivity index (χ0v) is 25.5. The van der Waals surface area contributed by atoms with Crippen LogP contribution in [0.4, 0.5) is 5.82 Å². The van der Waals surface area contributed by atoms with Crippen LogP contribution in [0.1, 0.15) is 35.2 Å². The topological polar surface area (TPSA) is 128 Å². The van der Waals surface area contributed by atoms with Crippen LogP contribution in [0.15, 0.2) is 67.5 Å². The molecule has 1 atom stereocenters. The second kappa shape index (κ2) is 14.6. The highest BCUT2D eigenvalue weighted by molar-refractivity contribution is 6.29. The summed E-state index contributed by atoms with van der Waals surface area (Å²) in [6.45, 7) is 1.79. The third-order valence-electron chi connectivity index (χ3n) is 7.46. The van der Waals surface area contributed by atoms with Gasteiger partial charge in [-0.15, -0.1) is 0 Å². The number of nitrogens with zero attached hydrogens (tertiary/aromatic N) is 7. The maximum atomic E-state index is 13.3. The third kappa shape index (κ3) is 7.62. The number of benzene rings is 1. The Morgan fingerprint density at radius 2 is 1.89 bits per heavy atom. The minimum absolute atomic E-state index is 0.100. The summed E-state index contributed by atoms with van der Waals surface area (Å²) in [5.74, 6) is 2.12. The molecule has 5 rings (SSSR count). The van der Waals surface area contributed by atoms with Crippen LogP contribution in [0.3, 0.4) is 0 Å². The van der Waals surface area contributed by atoms with Crippen molar-refractivity contribution in [3.05, 3.63) is 83.8 Å². The smallest absolute Gasteiger partial charge is 0.255 e. The van der Waals surface area contributed by atoms with E-state index in [2.05, 4.69) is 20.3 Å². The molecule has 2 amide bonds. The molecule has 0 radical (unpaired) electrons. The van der Waals surface area contributed by atoms with Crippen molar-refractivity contribution in [1.82, 2.24) is 34.7 Å². The summed E-state index contributed by atoms with van der Waals surface area (Å²) in [7, 11) is 3.24. The lowest BCUT2D eigenvalue weighted by molar-refractivity contribution is -0.121. The largest absolute Gasteiger partial charge is 0.493 e. The monoisotopic (exact) mass is 618 g/mol. The zero-order valence-electron chi connectivity index (χ0n) is 24.7. The van der Waals surface area contributed by atoms with Gasteiger partial charge in [0.15, 0.2) is 11.5 Å². The first-order valence-corrected chi connectivity index (χ1v) is 14.8. The van der Waals surface area contributed by atoms with Gasteiger partial charge in [0.25, 0.3) is 5.91 Å². The normalized spacial score (nSPS) is 14.8. The van der Waals surface area contributed by atoms with Crippen molar-refractivity contribution < 1.29 is 19.1 Å². The van der Waals surface area contributed by atoms with E-state index >= 15 is 0 Å². The van der Waals surface area contributed by atoms with Gasteiger partial charge in [0.2, 0.25) is 11.9 Å². The summed E-state index contributed by atoms with van der Waals surface area (Å²) < 4.78 is 12.4. The van der Waals surface area contributed by atoms with E-state index in [9.17, 15) is 9.59 Å². The van der Waals surface area contributed by atoms with E-state index in [0.717, 1.165) is 24.8 Å². The Morgan fingerprint density at radius 3 is 2.64 bits per heavy atom. The molecule has 230 valence electrons. The maximum Gasteiger partial charge on any atom is 0.255 e. The molecule has 1 fully saturated rings. The Morgan fingerprint density at radius 1 is 1.02 bits per heavy atom. The fourth-order valence-electron chi connectivity index (χ4n) is 5.23. The SMILES string of the molecule is COc1ccc(CCCCNC(=O)CC2CN(C(=O)c3cccnc3)CCN2c2cc(Cl)nc(-n3ccnc3)n2)cc1OC. The summed E-state index contributed by atoms with van der Waals surface area (Å²) in [4.78, 5) is 47.4. The molecule has 3 aromatic heterocycles. The molecule has 4 heterocycles. The zero-order chi connectivity index (χ0) is 30.9. The number of piperazine rings is 1. The van der Waals surface area contributed by atoms with Gasteiger partial charge in [-0.2, -0.15) is 4.98 Å². The van der Waals surface area contributed by atoms with Gasteiger partial charge in [-0.05, 0) is 49.1 Å². The highest BCUT2D eigenvalue weighted by Gasteiger charge is 2.33. The number of hydrogen-bond acceptors (Lipinski definition) is 9. The van der Waals surface area contributed by atoms with E-state index in [1.54, 1.807) is 73.0 Å². The van der Waals surface area contributed by atoms with Crippen LogP contribution in [0.2, 0.25) is 5.15 Å². The first kappa shape index (κ1) is 30.7. The van der Waals surface area contributed by atoms with Crippen molar-refractivity contribution in [2.75, 3.05) is 45.3 Å². The number of unbranched alkanes of at least 4 members (excludes halogenated alkanes) is 1. The first-order valence-electron chi connectivity index (χ1n) is 14.4. The van der Waals surface area contributed by atoms with Gasteiger partial charge in [0, 0.05) is 63.5 Å². The number of halogens is 1. The van der Waals surface area contributed by atoms with Crippen LogP contribution < -0.4 is 19.7 Å². The fourth-order valence-corrected chi connectivity index (χ4v) is 5.40. The van der Waals surface area contributed by atoms with E-state index in [1.165, 1.54) is 0 Å². The quantitative estimate of drug-likeness (QED) is 0.187. The van der Waals surface area contributed by atoms with Crippen molar-refractivity contribution in [1.29, 1.82) is 0 Å². The molecule has 0 aliphatic carbocycles. The Labute approximate surface area is 261 Å². The Bertz CT molecular complexity index is 1550. The summed E-state index contributed by atoms with van der Waals surface area (Å²) >= 11 is 6.40. The van der Waals surface area contributed by atoms with Gasteiger partial charge in [0.05, 0.1) is 25.8 Å². The minimum Gasteiger partial charge on any atom is -0.493 e. The van der Waals surface area contributed by atoms with Gasteiger partial charge < -0.3 is 24.6 Å². The van der Waals surface area contributed by atoms with Gasteiger partial charge >= 0.3 is 0 Å². The van der Waals surface area contributed by atoms with Crippen LogP contribution >= 0.6 is 11.6 Å². The molecule has 4 aromatic rings. The van der Waals surface area contributed by atoms with Crippen LogP contribution in [0, 0.1) is 0 Å². The first-order chi connectivity index (χ1) is 21.4. The van der Waals surface area contributed by atoms with Gasteiger partial charge in [-0.1, -0.05) is 17.7 Å². The highest BCUT2D eigenvalue weighted by Crippen LogP contribution is 2.28. The lowest BCUT2D eigenvalue weighted by atomic mass is 10.1. The Kier molecular flexibility index (Phi) is 10.2. The number of aryl methyl sites for hydroxylation is 1. The standard InChI is InChI=1S/C31H35ClN8O4/c1-43-25-9-8-22(16-26(25)44-2)6-3-4-11-35-29(41)17-24-20-38(30(42)23-7-5-10-33-19-23)14-15-40(24)28-18-27(32)36-31(37-28)39-13-12-34-21-39/h5,7-10,12-13,16,18-19,21,24H,3-4,6,11,14-15,17,20H2,1-2H3,(H,35,41). The summed E-state index contributed by atoms with van der Waals surface area (Å²) in [5, 5.41) is 3.32. The number of rotatable bonds is 12. The van der Waals surface area contributed by atoms with Crippen LogP contribution in [-0.2, 0) is 11.2 Å². The van der Waals surface area contributed by atoms with E-state index in [0.29, 0.717) is 55.0 Å². The number of pyridine rings is 1. The van der Waals surface area contributed by atoms with Crippen LogP contribution in [0.25, 0.3) is 5.95 Å². The number of hydrogen-bond donors (Lipinski definition) is 1. The molecule has 1 N–H and O–H groups in total. The lowest BCUT2D eigenvalue weighted by Crippen LogP contribution is -2.56. The average Bonchev–Trinajstić information content (AvgIpc) is 3.60. The molecule has 44 heavy (non-hydrogen) atoms. The van der Waals surface area contributed by atoms with E-state index in [1.807, 2.05) is 23.1 Å². The molecule has 1 aromatic carbocycles. The molecular weight excluding hydrogens is 584 g/mol. The highest BCUT2D eigenvalue weighted by atomic mass is 35.5. The number of aromatic nitrogens is 5. The minimum atomic E-state index is -0.335. The number of nitrogens with one attached hydrogen (secondary N) is 1. The number of carbonyl (C=O) groups is 2. The van der Waals surface area contributed by atoms with Gasteiger partial charge in [-0.25, -0.2) is 9.97 Å². The molecule has 1 saturated heterocycles. The van der Waals surface area contributed by atoms with E-state index < -0.39 is 0 Å². The van der Waals surface area contributed by atoms with E-state index in [-0.39, 0.29) is 29.4 Å². The number of methoxy groups -OCH3 is 2. The molecular formula is C31H35ClN8O4. The molecule has 1 aliphatic rings. The van der Waals surface area contributed by atoms with E-state index in [4.69, 9.17) is 26.1 Å². The number of imidazole rings is 1. The van der Waals surface area contributed by atoms with Crippen molar-refractivity contribution >= 4 is 29.2 Å².